The molecule has 3 rings (SSSR count). The maximum absolute atomic E-state index is 9.01. The summed E-state index contributed by atoms with van der Waals surface area (Å²) < 4.78 is 2.25. The van der Waals surface area contributed by atoms with Crippen molar-refractivity contribution in [3.8, 4) is 0 Å². The summed E-state index contributed by atoms with van der Waals surface area (Å²) >= 11 is 0. The Balaban J connectivity index is 2.39. The van der Waals surface area contributed by atoms with Gasteiger partial charge in [0.05, 0.1) is 11.4 Å². The third-order valence-corrected chi connectivity index (χ3v) is 4.32. The van der Waals surface area contributed by atoms with Gasteiger partial charge in [0.25, 0.3) is 0 Å². The summed E-state index contributed by atoms with van der Waals surface area (Å²) in [7, 11) is 0. The number of fused-ring (bicyclic) bond motifs is 3. The number of nitrogens with zero attached hydrogens (tertiary/aromatic N) is 3. The average molecular weight is 309 g/mol. The van der Waals surface area contributed by atoms with Crippen LogP contribution in [0.1, 0.15) is 31.9 Å². The van der Waals surface area contributed by atoms with Gasteiger partial charge in [-0.1, -0.05) is 22.4 Å². The Morgan fingerprint density at radius 3 is 1.65 bits per heavy atom. The van der Waals surface area contributed by atoms with Gasteiger partial charge in [-0.25, -0.2) is 0 Å². The summed E-state index contributed by atoms with van der Waals surface area (Å²) in [5, 5.41) is 26.8. The largest absolute Gasteiger partial charge is 0.411 e. The van der Waals surface area contributed by atoms with Gasteiger partial charge < -0.3 is 15.0 Å². The van der Waals surface area contributed by atoms with E-state index in [1.165, 1.54) is 0 Å². The predicted molar refractivity (Wildman–Crippen MR) is 93.1 cm³/mol. The molecule has 0 saturated carbocycles. The second kappa shape index (κ2) is 5.76. The minimum Gasteiger partial charge on any atom is -0.411 e. The summed E-state index contributed by atoms with van der Waals surface area (Å²) in [6.45, 7) is 6.52. The molecule has 3 aromatic rings. The van der Waals surface area contributed by atoms with Crippen molar-refractivity contribution >= 4 is 33.2 Å². The summed E-state index contributed by atoms with van der Waals surface area (Å²) in [4.78, 5) is 0. The van der Waals surface area contributed by atoms with Gasteiger partial charge in [0, 0.05) is 28.4 Å². The molecule has 0 saturated heterocycles. The Morgan fingerprint density at radius 1 is 0.870 bits per heavy atom. The Labute approximate surface area is 134 Å². The average Bonchev–Trinajstić information content (AvgIpc) is 2.92. The Morgan fingerprint density at radius 2 is 1.30 bits per heavy atom. The first kappa shape index (κ1) is 15.1. The molecule has 1 aromatic heterocycles. The first-order valence-corrected chi connectivity index (χ1v) is 7.54. The van der Waals surface area contributed by atoms with E-state index in [4.69, 9.17) is 10.4 Å². The molecule has 0 bridgehead atoms. The van der Waals surface area contributed by atoms with Gasteiger partial charge in [0.15, 0.2) is 0 Å². The van der Waals surface area contributed by atoms with E-state index in [2.05, 4.69) is 33.9 Å². The molecule has 0 aliphatic carbocycles. The summed E-state index contributed by atoms with van der Waals surface area (Å²) in [5.74, 6) is 0. The molecule has 0 unspecified atom stereocenters. The third kappa shape index (κ3) is 2.34. The van der Waals surface area contributed by atoms with Gasteiger partial charge in [0.1, 0.15) is 0 Å². The van der Waals surface area contributed by atoms with E-state index in [9.17, 15) is 0 Å². The molecule has 0 fully saturated rings. The lowest BCUT2D eigenvalue weighted by Gasteiger charge is -2.04. The fourth-order valence-electron chi connectivity index (χ4n) is 3.01. The van der Waals surface area contributed by atoms with Crippen molar-refractivity contribution < 1.29 is 10.4 Å². The van der Waals surface area contributed by atoms with Crippen LogP contribution in [0.3, 0.4) is 0 Å². The predicted octanol–water partition coefficient (Wildman–Crippen LogP) is 4.21. The van der Waals surface area contributed by atoms with Gasteiger partial charge in [-0.15, -0.1) is 0 Å². The quantitative estimate of drug-likeness (QED) is 0.432. The van der Waals surface area contributed by atoms with Gasteiger partial charge in [-0.3, -0.25) is 0 Å². The second-order valence-corrected chi connectivity index (χ2v) is 5.58. The molecule has 118 valence electrons. The zero-order chi connectivity index (χ0) is 16.6. The van der Waals surface area contributed by atoms with Crippen LogP contribution in [0, 0.1) is 0 Å². The Kier molecular flexibility index (Phi) is 3.78. The van der Waals surface area contributed by atoms with Crippen molar-refractivity contribution in [3.63, 3.8) is 0 Å². The molecule has 23 heavy (non-hydrogen) atoms. The number of rotatable bonds is 3. The van der Waals surface area contributed by atoms with Crippen LogP contribution in [0.4, 0.5) is 0 Å². The molecule has 2 N–H and O–H groups in total. The molecule has 0 amide bonds. The molecule has 0 radical (unpaired) electrons. The third-order valence-electron chi connectivity index (χ3n) is 4.32. The van der Waals surface area contributed by atoms with Crippen molar-refractivity contribution in [2.45, 2.75) is 27.3 Å². The zero-order valence-electron chi connectivity index (χ0n) is 13.4. The van der Waals surface area contributed by atoms with Crippen molar-refractivity contribution in [2.75, 3.05) is 0 Å². The molecule has 0 aliphatic rings. The molecule has 0 spiro atoms. The van der Waals surface area contributed by atoms with Crippen molar-refractivity contribution in [1.29, 1.82) is 0 Å². The molecule has 0 atom stereocenters. The van der Waals surface area contributed by atoms with E-state index in [1.54, 1.807) is 13.8 Å². The van der Waals surface area contributed by atoms with Gasteiger partial charge in [-0.05, 0) is 56.2 Å². The Bertz CT molecular complexity index is 876. The van der Waals surface area contributed by atoms with Crippen LogP contribution >= 0.6 is 0 Å². The summed E-state index contributed by atoms with van der Waals surface area (Å²) in [6, 6.07) is 12.1. The maximum atomic E-state index is 9.01. The van der Waals surface area contributed by atoms with E-state index in [0.29, 0.717) is 11.4 Å². The van der Waals surface area contributed by atoms with Crippen molar-refractivity contribution in [3.05, 3.63) is 47.5 Å². The topological polar surface area (TPSA) is 70.1 Å². The highest BCUT2D eigenvalue weighted by molar-refractivity contribution is 6.13. The number of hydrogen-bond donors (Lipinski definition) is 2. The van der Waals surface area contributed by atoms with Crippen molar-refractivity contribution in [1.82, 2.24) is 4.57 Å². The number of benzene rings is 2. The van der Waals surface area contributed by atoms with Crippen LogP contribution in [0.15, 0.2) is 46.7 Å². The fourth-order valence-corrected chi connectivity index (χ4v) is 3.01. The van der Waals surface area contributed by atoms with Gasteiger partial charge in [-0.2, -0.15) is 0 Å². The van der Waals surface area contributed by atoms with Crippen LogP contribution in [-0.4, -0.2) is 26.4 Å². The van der Waals surface area contributed by atoms with Crippen LogP contribution in [0.25, 0.3) is 21.8 Å². The lowest BCUT2D eigenvalue weighted by atomic mass is 10.0. The van der Waals surface area contributed by atoms with E-state index < -0.39 is 0 Å². The van der Waals surface area contributed by atoms with E-state index in [0.717, 1.165) is 39.5 Å². The molecule has 2 aromatic carbocycles. The Hall–Kier alpha value is -2.82. The second-order valence-electron chi connectivity index (χ2n) is 5.58. The van der Waals surface area contributed by atoms with E-state index in [1.807, 2.05) is 24.3 Å². The number of aryl methyl sites for hydroxylation is 1. The normalized spacial score (nSPS) is 13.2. The number of hydrogen-bond acceptors (Lipinski definition) is 4. The van der Waals surface area contributed by atoms with Gasteiger partial charge >= 0.3 is 0 Å². The SMILES string of the molecule is CCn1c2ccc(/C(C)=N/O)cc2c2cc(/C(C)=N/O)ccc21. The minimum absolute atomic E-state index is 0.577. The molecule has 0 aliphatic heterocycles. The molecular formula is C18H19N3O2. The minimum atomic E-state index is 0.577. The van der Waals surface area contributed by atoms with E-state index >= 15 is 0 Å². The maximum Gasteiger partial charge on any atom is 0.0837 e. The van der Waals surface area contributed by atoms with Crippen molar-refractivity contribution in [2.24, 2.45) is 10.3 Å². The molecule has 1 heterocycles. The zero-order valence-corrected chi connectivity index (χ0v) is 13.4. The molecule has 5 nitrogen and oxygen atoms in total. The summed E-state index contributed by atoms with van der Waals surface area (Å²) in [6.07, 6.45) is 0. The highest BCUT2D eigenvalue weighted by Gasteiger charge is 2.12. The van der Waals surface area contributed by atoms with Gasteiger partial charge in [0.2, 0.25) is 0 Å². The highest BCUT2D eigenvalue weighted by atomic mass is 16.4. The van der Waals surface area contributed by atoms with E-state index in [-0.39, 0.29) is 0 Å². The van der Waals surface area contributed by atoms with Crippen LogP contribution in [0.5, 0.6) is 0 Å². The monoisotopic (exact) mass is 309 g/mol. The van der Waals surface area contributed by atoms with Crippen LogP contribution in [-0.2, 0) is 6.54 Å². The van der Waals surface area contributed by atoms with Crippen LogP contribution in [0.2, 0.25) is 0 Å². The lowest BCUT2D eigenvalue weighted by Crippen LogP contribution is -1.96. The number of oxime groups is 2. The fraction of sp³-hybridized carbons (Fsp3) is 0.222. The standard InChI is InChI=1S/C18H19N3O2/c1-4-21-17-7-5-13(11(2)19-22)9-15(17)16-10-14(12(3)20-23)6-8-18(16)21/h5-10,22-23H,4H2,1-3H3/b19-11+,20-12+. The highest BCUT2D eigenvalue weighted by Crippen LogP contribution is 2.31. The first-order chi connectivity index (χ1) is 11.1. The molecule has 5 heteroatoms. The number of aromatic nitrogens is 1. The smallest absolute Gasteiger partial charge is 0.0837 e. The van der Waals surface area contributed by atoms with Crippen LogP contribution < -0.4 is 0 Å². The summed E-state index contributed by atoms with van der Waals surface area (Å²) in [5.41, 5.74) is 5.18. The molecular weight excluding hydrogens is 290 g/mol. The lowest BCUT2D eigenvalue weighted by molar-refractivity contribution is 0.319. The first-order valence-electron chi connectivity index (χ1n) is 7.54.